The molecule has 16 heavy (non-hydrogen) atoms. The zero-order chi connectivity index (χ0) is 12.2. The van der Waals surface area contributed by atoms with Gasteiger partial charge in [0.15, 0.2) is 5.78 Å². The Morgan fingerprint density at radius 1 is 1.19 bits per heavy atom. The van der Waals surface area contributed by atoms with Crippen molar-refractivity contribution in [3.05, 3.63) is 29.8 Å². The largest absolute Gasteiger partial charge is 0.497 e. The van der Waals surface area contributed by atoms with Gasteiger partial charge in [0.2, 0.25) is 0 Å². The van der Waals surface area contributed by atoms with Crippen molar-refractivity contribution in [1.82, 2.24) is 0 Å². The Kier molecular flexibility index (Phi) is 4.11. The Hall–Kier alpha value is -1.31. The Bertz CT molecular complexity index is 348. The van der Waals surface area contributed by atoms with Gasteiger partial charge < -0.3 is 4.74 Å². The van der Waals surface area contributed by atoms with E-state index in [0.717, 1.165) is 24.2 Å². The van der Waals surface area contributed by atoms with E-state index in [-0.39, 0.29) is 11.2 Å². The van der Waals surface area contributed by atoms with Crippen LogP contribution in [0.15, 0.2) is 24.3 Å². The molecule has 0 aliphatic heterocycles. The van der Waals surface area contributed by atoms with Crippen LogP contribution < -0.4 is 4.74 Å². The van der Waals surface area contributed by atoms with Crippen molar-refractivity contribution in [2.75, 3.05) is 7.11 Å². The number of ketones is 1. The standard InChI is InChI=1S/C14H20O2/c1-5-14(3,6-2)13(15)11-7-9-12(16-4)10-8-11/h7-10H,5-6H2,1-4H3. The summed E-state index contributed by atoms with van der Waals surface area (Å²) in [7, 11) is 1.62. The summed E-state index contributed by atoms with van der Waals surface area (Å²) in [6, 6.07) is 7.34. The van der Waals surface area contributed by atoms with Gasteiger partial charge in [-0.05, 0) is 37.1 Å². The highest BCUT2D eigenvalue weighted by Gasteiger charge is 2.29. The number of carbonyl (C=O) groups excluding carboxylic acids is 1. The lowest BCUT2D eigenvalue weighted by molar-refractivity contribution is 0.0803. The van der Waals surface area contributed by atoms with Gasteiger partial charge in [0.25, 0.3) is 0 Å². The third-order valence-corrected chi connectivity index (χ3v) is 3.46. The van der Waals surface area contributed by atoms with Crippen LogP contribution in [0, 0.1) is 5.41 Å². The molecule has 0 saturated heterocycles. The summed E-state index contributed by atoms with van der Waals surface area (Å²) in [5.41, 5.74) is 0.529. The molecule has 0 aliphatic rings. The molecule has 0 radical (unpaired) electrons. The Morgan fingerprint density at radius 2 is 1.69 bits per heavy atom. The second kappa shape index (κ2) is 5.15. The monoisotopic (exact) mass is 220 g/mol. The lowest BCUT2D eigenvalue weighted by Gasteiger charge is -2.24. The molecule has 1 aromatic carbocycles. The summed E-state index contributed by atoms with van der Waals surface area (Å²) in [6.45, 7) is 6.15. The fraction of sp³-hybridized carbons (Fsp3) is 0.500. The number of ether oxygens (including phenoxy) is 1. The van der Waals surface area contributed by atoms with Crippen LogP contribution in [0.2, 0.25) is 0 Å². The molecule has 0 aromatic heterocycles. The molecule has 88 valence electrons. The van der Waals surface area contributed by atoms with E-state index in [9.17, 15) is 4.79 Å². The fourth-order valence-electron chi connectivity index (χ4n) is 1.66. The minimum atomic E-state index is -0.241. The molecule has 0 saturated carbocycles. The van der Waals surface area contributed by atoms with Gasteiger partial charge in [0.05, 0.1) is 7.11 Å². The van der Waals surface area contributed by atoms with Gasteiger partial charge in [-0.1, -0.05) is 20.8 Å². The van der Waals surface area contributed by atoms with Crippen molar-refractivity contribution in [3.8, 4) is 5.75 Å². The van der Waals surface area contributed by atoms with Crippen LogP contribution in [-0.2, 0) is 0 Å². The van der Waals surface area contributed by atoms with E-state index in [1.807, 2.05) is 31.2 Å². The Balaban J connectivity index is 2.95. The molecule has 0 unspecified atom stereocenters. The highest BCUT2D eigenvalue weighted by Crippen LogP contribution is 2.30. The van der Waals surface area contributed by atoms with Crippen molar-refractivity contribution in [1.29, 1.82) is 0 Å². The average Bonchev–Trinajstić information content (AvgIpc) is 2.37. The van der Waals surface area contributed by atoms with Crippen molar-refractivity contribution in [2.24, 2.45) is 5.41 Å². The molecule has 0 bridgehead atoms. The number of Topliss-reactive ketones (excluding diaryl/α,β-unsaturated/α-hetero) is 1. The number of hydrogen-bond donors (Lipinski definition) is 0. The van der Waals surface area contributed by atoms with Crippen molar-refractivity contribution in [2.45, 2.75) is 33.6 Å². The Labute approximate surface area is 97.6 Å². The molecule has 0 aliphatic carbocycles. The van der Waals surface area contributed by atoms with E-state index >= 15 is 0 Å². The van der Waals surface area contributed by atoms with Crippen molar-refractivity contribution >= 4 is 5.78 Å². The van der Waals surface area contributed by atoms with Gasteiger partial charge >= 0.3 is 0 Å². The first kappa shape index (κ1) is 12.8. The molecular formula is C14H20O2. The molecule has 1 aromatic rings. The number of methoxy groups -OCH3 is 1. The van der Waals surface area contributed by atoms with Crippen molar-refractivity contribution in [3.63, 3.8) is 0 Å². The van der Waals surface area contributed by atoms with E-state index in [0.29, 0.717) is 0 Å². The van der Waals surface area contributed by atoms with Gasteiger partial charge in [0, 0.05) is 11.0 Å². The van der Waals surface area contributed by atoms with Crippen LogP contribution in [0.25, 0.3) is 0 Å². The number of benzene rings is 1. The molecule has 2 heteroatoms. The normalized spacial score (nSPS) is 11.2. The third-order valence-electron chi connectivity index (χ3n) is 3.46. The molecule has 2 nitrogen and oxygen atoms in total. The molecule has 1 rings (SSSR count). The van der Waals surface area contributed by atoms with E-state index in [1.54, 1.807) is 7.11 Å². The highest BCUT2D eigenvalue weighted by molar-refractivity contribution is 6.00. The molecule has 0 spiro atoms. The van der Waals surface area contributed by atoms with Crippen LogP contribution in [0.1, 0.15) is 44.0 Å². The summed E-state index contributed by atoms with van der Waals surface area (Å²) < 4.78 is 5.08. The van der Waals surface area contributed by atoms with Gasteiger partial charge in [-0.3, -0.25) is 4.79 Å². The SMILES string of the molecule is CCC(C)(CC)C(=O)c1ccc(OC)cc1. The molecule has 0 atom stereocenters. The first-order chi connectivity index (χ1) is 7.57. The molecule has 0 heterocycles. The fourth-order valence-corrected chi connectivity index (χ4v) is 1.66. The summed E-state index contributed by atoms with van der Waals surface area (Å²) in [5.74, 6) is 1.01. The second-order valence-corrected chi connectivity index (χ2v) is 4.33. The molecule has 0 fully saturated rings. The first-order valence-electron chi connectivity index (χ1n) is 5.76. The van der Waals surface area contributed by atoms with Crippen LogP contribution in [-0.4, -0.2) is 12.9 Å². The van der Waals surface area contributed by atoms with Crippen LogP contribution in [0.3, 0.4) is 0 Å². The number of rotatable bonds is 5. The summed E-state index contributed by atoms with van der Waals surface area (Å²) >= 11 is 0. The quantitative estimate of drug-likeness (QED) is 0.707. The predicted molar refractivity (Wildman–Crippen MR) is 66.0 cm³/mol. The minimum absolute atomic E-state index is 0.222. The van der Waals surface area contributed by atoms with E-state index in [2.05, 4.69) is 13.8 Å². The Morgan fingerprint density at radius 3 is 2.06 bits per heavy atom. The molecular weight excluding hydrogens is 200 g/mol. The van der Waals surface area contributed by atoms with Gasteiger partial charge in [-0.15, -0.1) is 0 Å². The maximum Gasteiger partial charge on any atom is 0.168 e. The van der Waals surface area contributed by atoms with Crippen LogP contribution in [0.4, 0.5) is 0 Å². The number of hydrogen-bond acceptors (Lipinski definition) is 2. The molecule has 0 N–H and O–H groups in total. The number of carbonyl (C=O) groups is 1. The maximum absolute atomic E-state index is 12.3. The maximum atomic E-state index is 12.3. The predicted octanol–water partition coefficient (Wildman–Crippen LogP) is 3.70. The average molecular weight is 220 g/mol. The lowest BCUT2D eigenvalue weighted by Crippen LogP contribution is -2.26. The van der Waals surface area contributed by atoms with Gasteiger partial charge in [0.1, 0.15) is 5.75 Å². The summed E-state index contributed by atoms with van der Waals surface area (Å²) in [4.78, 5) is 12.3. The van der Waals surface area contributed by atoms with E-state index < -0.39 is 0 Å². The smallest absolute Gasteiger partial charge is 0.168 e. The van der Waals surface area contributed by atoms with E-state index in [1.165, 1.54) is 0 Å². The third kappa shape index (κ3) is 2.43. The minimum Gasteiger partial charge on any atom is -0.497 e. The van der Waals surface area contributed by atoms with Gasteiger partial charge in [-0.2, -0.15) is 0 Å². The van der Waals surface area contributed by atoms with E-state index in [4.69, 9.17) is 4.74 Å². The second-order valence-electron chi connectivity index (χ2n) is 4.33. The summed E-state index contributed by atoms with van der Waals surface area (Å²) in [5, 5.41) is 0. The van der Waals surface area contributed by atoms with Gasteiger partial charge in [-0.25, -0.2) is 0 Å². The van der Waals surface area contributed by atoms with Crippen LogP contribution >= 0.6 is 0 Å². The van der Waals surface area contributed by atoms with Crippen molar-refractivity contribution < 1.29 is 9.53 Å². The molecule has 0 amide bonds. The lowest BCUT2D eigenvalue weighted by atomic mass is 9.78. The first-order valence-corrected chi connectivity index (χ1v) is 5.76. The highest BCUT2D eigenvalue weighted by atomic mass is 16.5. The summed E-state index contributed by atoms with van der Waals surface area (Å²) in [6.07, 6.45) is 1.74. The van der Waals surface area contributed by atoms with Crippen LogP contribution in [0.5, 0.6) is 5.75 Å². The zero-order valence-corrected chi connectivity index (χ0v) is 10.5. The topological polar surface area (TPSA) is 26.3 Å². The zero-order valence-electron chi connectivity index (χ0n) is 10.5.